The van der Waals surface area contributed by atoms with E-state index < -0.39 is 10.0 Å². The van der Waals surface area contributed by atoms with Crippen LogP contribution in [0.25, 0.3) is 22.2 Å². The first kappa shape index (κ1) is 16.7. The number of nitrogens with zero attached hydrogens (tertiary/aromatic N) is 4. The maximum absolute atomic E-state index is 12.6. The van der Waals surface area contributed by atoms with Crippen LogP contribution in [0, 0.1) is 0 Å². The van der Waals surface area contributed by atoms with E-state index in [1.807, 2.05) is 24.4 Å². The van der Waals surface area contributed by atoms with E-state index in [0.717, 1.165) is 41.4 Å². The topological polar surface area (TPSA) is 68.1 Å². The molecule has 1 unspecified atom stereocenters. The summed E-state index contributed by atoms with van der Waals surface area (Å²) in [6, 6.07) is 12.6. The first-order chi connectivity index (χ1) is 13.5. The van der Waals surface area contributed by atoms with Crippen molar-refractivity contribution >= 4 is 20.9 Å². The summed E-state index contributed by atoms with van der Waals surface area (Å²) in [6.45, 7) is 3.36. The highest BCUT2D eigenvalue weighted by Crippen LogP contribution is 2.50. The minimum atomic E-state index is -3.09. The Labute approximate surface area is 164 Å². The second-order valence-corrected chi connectivity index (χ2v) is 10.8. The predicted octanol–water partition coefficient (Wildman–Crippen LogP) is 3.11. The largest absolute Gasteiger partial charge is 0.265 e. The zero-order valence-corrected chi connectivity index (χ0v) is 16.6. The average molecular weight is 395 g/mol. The number of aromatic nitrogens is 3. The lowest BCUT2D eigenvalue weighted by atomic mass is 9.76. The van der Waals surface area contributed by atoms with Crippen molar-refractivity contribution in [2.75, 3.05) is 13.1 Å². The standard InChI is InChI=1S/C21H22N4O2S/c1-14-10-21(12-24(13-21)28(26,27)17-6-7-17)20-9-19(23-25(14)20)16-8-15-4-2-3-5-18(15)22-11-16/h2-5,8-9,11,14,17H,6-7,10,12-13H2,1H3. The molecule has 3 aromatic rings. The van der Waals surface area contributed by atoms with E-state index in [1.165, 1.54) is 5.69 Å². The van der Waals surface area contributed by atoms with Crippen LogP contribution in [0.3, 0.4) is 0 Å². The highest BCUT2D eigenvalue weighted by Gasteiger charge is 2.57. The van der Waals surface area contributed by atoms with E-state index in [2.05, 4.69) is 34.8 Å². The van der Waals surface area contributed by atoms with Gasteiger partial charge in [-0.2, -0.15) is 9.40 Å². The van der Waals surface area contributed by atoms with Gasteiger partial charge >= 0.3 is 0 Å². The molecule has 28 heavy (non-hydrogen) atoms. The smallest absolute Gasteiger partial charge is 0.217 e. The number of hydrogen-bond donors (Lipinski definition) is 0. The predicted molar refractivity (Wildman–Crippen MR) is 107 cm³/mol. The summed E-state index contributed by atoms with van der Waals surface area (Å²) >= 11 is 0. The van der Waals surface area contributed by atoms with Gasteiger partial charge in [-0.15, -0.1) is 0 Å². The second kappa shape index (κ2) is 5.42. The molecular formula is C21H22N4O2S. The molecule has 1 saturated carbocycles. The van der Waals surface area contributed by atoms with E-state index in [1.54, 1.807) is 4.31 Å². The Morgan fingerprint density at radius 3 is 2.71 bits per heavy atom. The normalized spacial score (nSPS) is 23.8. The van der Waals surface area contributed by atoms with Crippen LogP contribution in [0.1, 0.15) is 37.9 Å². The van der Waals surface area contributed by atoms with Gasteiger partial charge in [0.05, 0.1) is 22.5 Å². The molecule has 1 saturated heterocycles. The third-order valence-electron chi connectivity index (χ3n) is 6.53. The third kappa shape index (κ3) is 2.26. The maximum atomic E-state index is 12.6. The Morgan fingerprint density at radius 2 is 1.93 bits per heavy atom. The fraction of sp³-hybridized carbons (Fsp3) is 0.429. The van der Waals surface area contributed by atoms with E-state index in [4.69, 9.17) is 5.10 Å². The molecule has 0 amide bonds. The maximum Gasteiger partial charge on any atom is 0.217 e. The van der Waals surface area contributed by atoms with E-state index in [0.29, 0.717) is 13.1 Å². The highest BCUT2D eigenvalue weighted by molar-refractivity contribution is 7.90. The molecule has 7 heteroatoms. The van der Waals surface area contributed by atoms with Gasteiger partial charge in [-0.3, -0.25) is 9.67 Å². The molecule has 4 heterocycles. The van der Waals surface area contributed by atoms with Gasteiger partial charge in [0, 0.05) is 41.3 Å². The van der Waals surface area contributed by atoms with Gasteiger partial charge in [-0.1, -0.05) is 18.2 Å². The van der Waals surface area contributed by atoms with Gasteiger partial charge in [0.25, 0.3) is 0 Å². The summed E-state index contributed by atoms with van der Waals surface area (Å²) < 4.78 is 28.9. The monoisotopic (exact) mass is 394 g/mol. The molecule has 6 rings (SSSR count). The Hall–Kier alpha value is -2.25. The quantitative estimate of drug-likeness (QED) is 0.685. The Kier molecular flexibility index (Phi) is 3.23. The van der Waals surface area contributed by atoms with Crippen molar-refractivity contribution in [3.63, 3.8) is 0 Å². The highest BCUT2D eigenvalue weighted by atomic mass is 32.2. The summed E-state index contributed by atoms with van der Waals surface area (Å²) in [5.74, 6) is 0. The lowest BCUT2D eigenvalue weighted by molar-refractivity contribution is 0.148. The zero-order chi connectivity index (χ0) is 19.1. The summed E-state index contributed by atoms with van der Waals surface area (Å²) in [4.78, 5) is 4.56. The lowest BCUT2D eigenvalue weighted by Crippen LogP contribution is -2.60. The number of benzene rings is 1. The van der Waals surface area contributed by atoms with E-state index >= 15 is 0 Å². The summed E-state index contributed by atoms with van der Waals surface area (Å²) in [5, 5.41) is 5.84. The van der Waals surface area contributed by atoms with Gasteiger partial charge in [-0.25, -0.2) is 8.42 Å². The minimum Gasteiger partial charge on any atom is -0.265 e. The molecule has 2 aliphatic heterocycles. The van der Waals surface area contributed by atoms with Crippen LogP contribution in [0.5, 0.6) is 0 Å². The summed E-state index contributed by atoms with van der Waals surface area (Å²) in [5.41, 5.74) is 3.98. The van der Waals surface area contributed by atoms with Crippen LogP contribution < -0.4 is 0 Å². The molecule has 2 fully saturated rings. The van der Waals surface area contributed by atoms with Crippen LogP contribution in [-0.2, 0) is 15.4 Å². The second-order valence-electron chi connectivity index (χ2n) is 8.62. The number of pyridine rings is 1. The van der Waals surface area contributed by atoms with Gasteiger partial charge in [0.2, 0.25) is 10.0 Å². The molecule has 0 bridgehead atoms. The van der Waals surface area contributed by atoms with Crippen molar-refractivity contribution in [3.05, 3.63) is 48.3 Å². The van der Waals surface area contributed by atoms with Crippen LogP contribution in [0.4, 0.5) is 0 Å². The fourth-order valence-electron chi connectivity index (χ4n) is 4.91. The molecule has 3 aliphatic rings. The lowest BCUT2D eigenvalue weighted by Gasteiger charge is -2.46. The molecule has 1 aromatic carbocycles. The molecule has 6 nitrogen and oxygen atoms in total. The third-order valence-corrected chi connectivity index (χ3v) is 8.82. The number of para-hydroxylation sites is 1. The molecule has 0 radical (unpaired) electrons. The average Bonchev–Trinajstić information content (AvgIpc) is 3.37. The summed E-state index contributed by atoms with van der Waals surface area (Å²) in [6.07, 6.45) is 4.48. The first-order valence-corrected chi connectivity index (χ1v) is 11.4. The molecule has 2 aromatic heterocycles. The van der Waals surface area contributed by atoms with Crippen molar-refractivity contribution in [2.45, 2.75) is 42.9 Å². The van der Waals surface area contributed by atoms with E-state index in [9.17, 15) is 8.42 Å². The van der Waals surface area contributed by atoms with Gasteiger partial charge in [0.1, 0.15) is 0 Å². The van der Waals surface area contributed by atoms with Crippen LogP contribution in [-0.4, -0.2) is 45.8 Å². The Bertz CT molecular complexity index is 1210. The van der Waals surface area contributed by atoms with E-state index in [-0.39, 0.29) is 16.7 Å². The van der Waals surface area contributed by atoms with Gasteiger partial charge in [-0.05, 0) is 44.4 Å². The summed E-state index contributed by atoms with van der Waals surface area (Å²) in [7, 11) is -3.09. The van der Waals surface area contributed by atoms with Crippen molar-refractivity contribution in [1.29, 1.82) is 0 Å². The number of sulfonamides is 1. The molecule has 1 atom stereocenters. The number of rotatable bonds is 3. The minimum absolute atomic E-state index is 0.0864. The molecule has 144 valence electrons. The first-order valence-electron chi connectivity index (χ1n) is 9.90. The molecule has 0 N–H and O–H groups in total. The Balaban J connectivity index is 1.35. The van der Waals surface area contributed by atoms with Crippen molar-refractivity contribution in [2.24, 2.45) is 0 Å². The van der Waals surface area contributed by atoms with Crippen LogP contribution in [0.15, 0.2) is 42.6 Å². The zero-order valence-electron chi connectivity index (χ0n) is 15.7. The van der Waals surface area contributed by atoms with Crippen LogP contribution in [0.2, 0.25) is 0 Å². The van der Waals surface area contributed by atoms with Crippen LogP contribution >= 0.6 is 0 Å². The molecular weight excluding hydrogens is 372 g/mol. The van der Waals surface area contributed by atoms with Crippen molar-refractivity contribution < 1.29 is 8.42 Å². The van der Waals surface area contributed by atoms with Gasteiger partial charge in [0.15, 0.2) is 0 Å². The van der Waals surface area contributed by atoms with Crippen molar-refractivity contribution in [3.8, 4) is 11.3 Å². The number of fused-ring (bicyclic) bond motifs is 3. The van der Waals surface area contributed by atoms with Crippen molar-refractivity contribution in [1.82, 2.24) is 19.1 Å². The SMILES string of the molecule is CC1CC2(CN(S(=O)(=O)C3CC3)C2)c2cc(-c3cnc4ccccc4c3)nn21. The number of hydrogen-bond acceptors (Lipinski definition) is 4. The molecule has 1 aliphatic carbocycles. The van der Waals surface area contributed by atoms with Gasteiger partial charge < -0.3 is 0 Å². The molecule has 1 spiro atoms. The fourth-order valence-corrected chi connectivity index (χ4v) is 6.92. The Morgan fingerprint density at radius 1 is 1.14 bits per heavy atom.